The van der Waals surface area contributed by atoms with Crippen LogP contribution in [0.4, 0.5) is 10.1 Å². The van der Waals surface area contributed by atoms with Gasteiger partial charge in [0, 0.05) is 6.54 Å². The third-order valence-corrected chi connectivity index (χ3v) is 4.19. The fraction of sp³-hybridized carbons (Fsp3) is 0.267. The van der Waals surface area contributed by atoms with Crippen molar-refractivity contribution in [3.05, 3.63) is 39.3 Å². The number of benzene rings is 1. The van der Waals surface area contributed by atoms with Crippen LogP contribution < -0.4 is 5.32 Å². The number of hydrogen-bond acceptors (Lipinski definition) is 6. The maximum atomic E-state index is 13.8. The molecule has 1 heterocycles. The molecule has 1 aromatic rings. The lowest BCUT2D eigenvalue weighted by atomic mass is 10.1. The predicted octanol–water partition coefficient (Wildman–Crippen LogP) is 1.13. The number of halogens is 2. The topological polar surface area (TPSA) is 103 Å². The highest BCUT2D eigenvalue weighted by Crippen LogP contribution is 2.32. The third-order valence-electron chi connectivity index (χ3n) is 3.42. The van der Waals surface area contributed by atoms with E-state index in [0.29, 0.717) is 0 Å². The number of esters is 1. The second-order valence-corrected chi connectivity index (χ2v) is 5.61. The highest BCUT2D eigenvalue weighted by atomic mass is 79.9. The van der Waals surface area contributed by atoms with Crippen LogP contribution in [0.1, 0.15) is 5.56 Å². The van der Waals surface area contributed by atoms with Gasteiger partial charge >= 0.3 is 5.97 Å². The molecule has 0 radical (unpaired) electrons. The van der Waals surface area contributed by atoms with Crippen molar-refractivity contribution in [2.24, 2.45) is 0 Å². The number of nitrogens with one attached hydrogen (secondary N) is 1. The molecule has 1 aliphatic rings. The number of amides is 1. The van der Waals surface area contributed by atoms with Gasteiger partial charge in [-0.3, -0.25) is 4.79 Å². The number of methoxy groups -OCH3 is 1. The third kappa shape index (κ3) is 3.25. The summed E-state index contributed by atoms with van der Waals surface area (Å²) >= 11 is 3.03. The van der Waals surface area contributed by atoms with Gasteiger partial charge in [-0.05, 0) is 28.1 Å². The molecule has 0 spiro atoms. The number of aliphatic hydroxyl groups is 1. The van der Waals surface area contributed by atoms with Crippen LogP contribution in [-0.4, -0.2) is 48.7 Å². The fourth-order valence-electron chi connectivity index (χ4n) is 2.24. The van der Waals surface area contributed by atoms with E-state index in [1.165, 1.54) is 18.1 Å². The van der Waals surface area contributed by atoms with Crippen molar-refractivity contribution in [2.45, 2.75) is 0 Å². The van der Waals surface area contributed by atoms with Gasteiger partial charge in [-0.2, -0.15) is 5.26 Å². The van der Waals surface area contributed by atoms with Crippen molar-refractivity contribution >= 4 is 33.5 Å². The van der Waals surface area contributed by atoms with Gasteiger partial charge in [-0.15, -0.1) is 0 Å². The molecule has 1 aromatic carbocycles. The van der Waals surface area contributed by atoms with Crippen LogP contribution in [0.5, 0.6) is 0 Å². The summed E-state index contributed by atoms with van der Waals surface area (Å²) in [5.74, 6) is -1.91. The van der Waals surface area contributed by atoms with Gasteiger partial charge in [0.05, 0.1) is 41.6 Å². The Morgan fingerprint density at radius 2 is 2.29 bits per heavy atom. The molecule has 0 saturated carbocycles. The second kappa shape index (κ2) is 7.42. The lowest BCUT2D eigenvalue weighted by Gasteiger charge is -2.16. The van der Waals surface area contributed by atoms with E-state index in [1.54, 1.807) is 0 Å². The van der Waals surface area contributed by atoms with Crippen LogP contribution >= 0.6 is 15.9 Å². The summed E-state index contributed by atoms with van der Waals surface area (Å²) in [6.07, 6.45) is 0. The Kier molecular flexibility index (Phi) is 5.54. The molecule has 1 amide bonds. The minimum Gasteiger partial charge on any atom is -0.466 e. The van der Waals surface area contributed by atoms with Crippen molar-refractivity contribution < 1.29 is 23.8 Å². The largest absolute Gasteiger partial charge is 0.466 e. The molecule has 126 valence electrons. The molecule has 1 aliphatic heterocycles. The number of carbonyl (C=O) groups is 2. The number of nitrogens with zero attached hydrogens (tertiary/aromatic N) is 2. The second-order valence-electron chi connectivity index (χ2n) is 4.82. The quantitative estimate of drug-likeness (QED) is 0.722. The predicted molar refractivity (Wildman–Crippen MR) is 85.1 cm³/mol. The van der Waals surface area contributed by atoms with Crippen LogP contribution in [0, 0.1) is 17.1 Å². The molecule has 9 heteroatoms. The molecule has 0 fully saturated rings. The molecule has 7 nitrogen and oxygen atoms in total. The summed E-state index contributed by atoms with van der Waals surface area (Å²) in [6, 6.07) is 4.25. The van der Waals surface area contributed by atoms with E-state index in [-0.39, 0.29) is 46.7 Å². The molecule has 24 heavy (non-hydrogen) atoms. The number of β-amino-alcohol motifs (C(OH)–C–C–N with tert-alkyl or cyclic N) is 1. The Morgan fingerprint density at radius 3 is 2.88 bits per heavy atom. The minimum absolute atomic E-state index is 0.0277. The zero-order chi connectivity index (χ0) is 17.9. The van der Waals surface area contributed by atoms with Gasteiger partial charge in [0.2, 0.25) is 0 Å². The first-order valence-electron chi connectivity index (χ1n) is 6.81. The molecule has 0 bridgehead atoms. The number of rotatable bonds is 5. The molecule has 0 unspecified atom stereocenters. The van der Waals surface area contributed by atoms with Crippen molar-refractivity contribution in [3.63, 3.8) is 0 Å². The number of ether oxygens (including phenoxy) is 1. The highest BCUT2D eigenvalue weighted by molar-refractivity contribution is 9.10. The Balaban J connectivity index is 2.49. The lowest BCUT2D eigenvalue weighted by Crippen LogP contribution is -2.31. The van der Waals surface area contributed by atoms with Gasteiger partial charge < -0.3 is 20.1 Å². The average Bonchev–Trinajstić information content (AvgIpc) is 2.88. The maximum Gasteiger partial charge on any atom is 0.337 e. The van der Waals surface area contributed by atoms with E-state index in [4.69, 9.17) is 10.4 Å². The van der Waals surface area contributed by atoms with E-state index in [2.05, 4.69) is 26.0 Å². The van der Waals surface area contributed by atoms with Gasteiger partial charge in [-0.1, -0.05) is 0 Å². The molecule has 0 aliphatic carbocycles. The normalized spacial score (nSPS) is 14.0. The molecule has 0 saturated heterocycles. The van der Waals surface area contributed by atoms with Crippen LogP contribution in [0.15, 0.2) is 27.9 Å². The highest BCUT2D eigenvalue weighted by Gasteiger charge is 2.35. The maximum absolute atomic E-state index is 13.8. The molecule has 0 aromatic heterocycles. The Hall–Kier alpha value is -2.44. The number of carbonyl (C=O) groups excluding carboxylic acids is 2. The summed E-state index contributed by atoms with van der Waals surface area (Å²) in [5, 5.41) is 20.8. The van der Waals surface area contributed by atoms with Crippen molar-refractivity contribution in [2.75, 3.05) is 32.1 Å². The Morgan fingerprint density at radius 1 is 1.58 bits per heavy atom. The van der Waals surface area contributed by atoms with Crippen LogP contribution in [0.3, 0.4) is 0 Å². The lowest BCUT2D eigenvalue weighted by molar-refractivity contribution is -0.136. The summed E-state index contributed by atoms with van der Waals surface area (Å²) < 4.78 is 18.4. The summed E-state index contributed by atoms with van der Waals surface area (Å²) in [5.41, 5.74) is 0.0515. The number of anilines is 1. The Labute approximate surface area is 145 Å². The van der Waals surface area contributed by atoms with E-state index >= 15 is 0 Å². The van der Waals surface area contributed by atoms with Crippen LogP contribution in [0.2, 0.25) is 0 Å². The first-order valence-corrected chi connectivity index (χ1v) is 7.60. The number of nitriles is 1. The first-order chi connectivity index (χ1) is 11.4. The standard InChI is InChI=1S/C15H13BrFN3O4/c1-24-15(23)9-7-20(4-5-21)14(22)13(9)19-12-8(6-18)2-3-10(17)11(12)16/h2-3,19,21H,4-5,7H2,1H3. The van der Waals surface area contributed by atoms with Gasteiger partial charge in [0.15, 0.2) is 0 Å². The zero-order valence-electron chi connectivity index (χ0n) is 12.6. The molecule has 0 atom stereocenters. The van der Waals surface area contributed by atoms with Gasteiger partial charge in [-0.25, -0.2) is 9.18 Å². The fourth-order valence-corrected chi connectivity index (χ4v) is 2.68. The first kappa shape index (κ1) is 17.9. The van der Waals surface area contributed by atoms with Crippen molar-refractivity contribution in [1.82, 2.24) is 4.90 Å². The number of aliphatic hydroxyl groups excluding tert-OH is 1. The Bertz CT molecular complexity index is 773. The van der Waals surface area contributed by atoms with Gasteiger partial charge in [0.25, 0.3) is 5.91 Å². The molecular formula is C15H13BrFN3O4. The van der Waals surface area contributed by atoms with Crippen LogP contribution in [0.25, 0.3) is 0 Å². The van der Waals surface area contributed by atoms with Gasteiger partial charge in [0.1, 0.15) is 17.6 Å². The molecule has 2 rings (SSSR count). The van der Waals surface area contributed by atoms with Crippen molar-refractivity contribution in [3.8, 4) is 6.07 Å². The minimum atomic E-state index is -0.725. The molecule has 2 N–H and O–H groups in total. The summed E-state index contributed by atoms with van der Waals surface area (Å²) in [7, 11) is 1.17. The van der Waals surface area contributed by atoms with E-state index in [0.717, 1.165) is 6.07 Å². The molecular weight excluding hydrogens is 385 g/mol. The average molecular weight is 398 g/mol. The van der Waals surface area contributed by atoms with Crippen LogP contribution in [-0.2, 0) is 14.3 Å². The monoisotopic (exact) mass is 397 g/mol. The van der Waals surface area contributed by atoms with E-state index in [1.807, 2.05) is 6.07 Å². The van der Waals surface area contributed by atoms with E-state index in [9.17, 15) is 14.0 Å². The smallest absolute Gasteiger partial charge is 0.337 e. The van der Waals surface area contributed by atoms with E-state index < -0.39 is 17.7 Å². The summed E-state index contributed by atoms with van der Waals surface area (Å²) in [4.78, 5) is 25.6. The summed E-state index contributed by atoms with van der Waals surface area (Å²) in [6.45, 7) is -0.302. The van der Waals surface area contributed by atoms with Crippen molar-refractivity contribution in [1.29, 1.82) is 5.26 Å². The SMILES string of the molecule is COC(=O)C1=C(Nc2c(C#N)ccc(F)c2Br)C(=O)N(CCO)C1. The zero-order valence-corrected chi connectivity index (χ0v) is 14.2. The number of hydrogen-bond donors (Lipinski definition) is 2.